The number of rotatable bonds is 6. The van der Waals surface area contributed by atoms with Crippen LogP contribution in [0.2, 0.25) is 0 Å². The first-order valence-electron chi connectivity index (χ1n) is 6.16. The van der Waals surface area contributed by atoms with Crippen molar-refractivity contribution in [3.8, 4) is 0 Å². The van der Waals surface area contributed by atoms with Crippen molar-refractivity contribution >= 4 is 11.7 Å². The molecule has 0 spiro atoms. The molecular formula is C13H22N4. The van der Waals surface area contributed by atoms with Gasteiger partial charge in [0.25, 0.3) is 0 Å². The molecule has 0 aliphatic heterocycles. The number of hydrogen-bond acceptors (Lipinski definition) is 3. The lowest BCUT2D eigenvalue weighted by Gasteiger charge is -2.25. The molecule has 1 aromatic rings. The summed E-state index contributed by atoms with van der Waals surface area (Å²) < 4.78 is 0. The normalized spacial score (nSPS) is 10.3. The Labute approximate surface area is 103 Å². The number of nitrogens with zero attached hydrogens (tertiary/aromatic N) is 2. The number of nitrogen functional groups attached to an aromatic ring is 1. The SMILES string of the molecule is CCCN(CCC)c1nccc(C)c1C(=N)N. The van der Waals surface area contributed by atoms with Crippen molar-refractivity contribution in [3.05, 3.63) is 23.4 Å². The molecule has 4 nitrogen and oxygen atoms in total. The van der Waals surface area contributed by atoms with Gasteiger partial charge in [-0.15, -0.1) is 0 Å². The third kappa shape index (κ3) is 3.19. The van der Waals surface area contributed by atoms with Crippen LogP contribution < -0.4 is 10.6 Å². The molecule has 0 unspecified atom stereocenters. The molecular weight excluding hydrogens is 212 g/mol. The van der Waals surface area contributed by atoms with Gasteiger partial charge in [0, 0.05) is 19.3 Å². The van der Waals surface area contributed by atoms with E-state index in [-0.39, 0.29) is 5.84 Å². The average molecular weight is 234 g/mol. The first kappa shape index (κ1) is 13.5. The highest BCUT2D eigenvalue weighted by atomic mass is 15.2. The van der Waals surface area contributed by atoms with Gasteiger partial charge in [-0.25, -0.2) is 4.98 Å². The molecule has 0 fully saturated rings. The zero-order chi connectivity index (χ0) is 12.8. The maximum atomic E-state index is 7.69. The number of hydrogen-bond donors (Lipinski definition) is 2. The molecule has 0 saturated heterocycles. The summed E-state index contributed by atoms with van der Waals surface area (Å²) in [6.07, 6.45) is 3.91. The number of nitrogens with two attached hydrogens (primary N) is 1. The molecule has 3 N–H and O–H groups in total. The van der Waals surface area contributed by atoms with Gasteiger partial charge in [0.05, 0.1) is 5.56 Å². The second-order valence-corrected chi connectivity index (χ2v) is 4.23. The van der Waals surface area contributed by atoms with E-state index in [0.717, 1.165) is 42.9 Å². The summed E-state index contributed by atoms with van der Waals surface area (Å²) in [5, 5.41) is 7.69. The second-order valence-electron chi connectivity index (χ2n) is 4.23. The Morgan fingerprint density at radius 3 is 2.41 bits per heavy atom. The van der Waals surface area contributed by atoms with E-state index >= 15 is 0 Å². The zero-order valence-electron chi connectivity index (χ0n) is 11.0. The Bertz CT molecular complexity index is 381. The number of anilines is 1. The van der Waals surface area contributed by atoms with Crippen molar-refractivity contribution < 1.29 is 0 Å². The summed E-state index contributed by atoms with van der Waals surface area (Å²) in [4.78, 5) is 6.62. The van der Waals surface area contributed by atoms with Gasteiger partial charge < -0.3 is 10.6 Å². The van der Waals surface area contributed by atoms with Crippen LogP contribution in [0.15, 0.2) is 12.3 Å². The Balaban J connectivity index is 3.17. The highest BCUT2D eigenvalue weighted by Crippen LogP contribution is 2.20. The van der Waals surface area contributed by atoms with Crippen molar-refractivity contribution in [2.24, 2.45) is 5.73 Å². The van der Waals surface area contributed by atoms with Gasteiger partial charge in [0.1, 0.15) is 11.7 Å². The lowest BCUT2D eigenvalue weighted by molar-refractivity contribution is 0.733. The average Bonchev–Trinajstić information content (AvgIpc) is 2.28. The molecule has 0 atom stereocenters. The molecule has 17 heavy (non-hydrogen) atoms. The van der Waals surface area contributed by atoms with E-state index in [9.17, 15) is 0 Å². The maximum absolute atomic E-state index is 7.69. The van der Waals surface area contributed by atoms with Crippen LogP contribution >= 0.6 is 0 Å². The van der Waals surface area contributed by atoms with Gasteiger partial charge in [-0.3, -0.25) is 5.41 Å². The molecule has 0 aliphatic carbocycles. The molecule has 0 bridgehead atoms. The van der Waals surface area contributed by atoms with Crippen LogP contribution in [0.3, 0.4) is 0 Å². The fraction of sp³-hybridized carbons (Fsp3) is 0.538. The van der Waals surface area contributed by atoms with Crippen LogP contribution in [0.1, 0.15) is 37.8 Å². The first-order chi connectivity index (χ1) is 8.11. The van der Waals surface area contributed by atoms with Crippen LogP contribution in [0.4, 0.5) is 5.82 Å². The van der Waals surface area contributed by atoms with Crippen LogP contribution in [0.25, 0.3) is 0 Å². The smallest absolute Gasteiger partial charge is 0.139 e. The fourth-order valence-electron chi connectivity index (χ4n) is 1.98. The lowest BCUT2D eigenvalue weighted by Crippen LogP contribution is -2.29. The van der Waals surface area contributed by atoms with Crippen molar-refractivity contribution in [1.82, 2.24) is 4.98 Å². The highest BCUT2D eigenvalue weighted by Gasteiger charge is 2.15. The summed E-state index contributed by atoms with van der Waals surface area (Å²) in [5.74, 6) is 0.948. The van der Waals surface area contributed by atoms with Crippen molar-refractivity contribution in [2.45, 2.75) is 33.6 Å². The van der Waals surface area contributed by atoms with Crippen LogP contribution in [0.5, 0.6) is 0 Å². The van der Waals surface area contributed by atoms with Crippen LogP contribution in [-0.4, -0.2) is 23.9 Å². The van der Waals surface area contributed by atoms with Crippen molar-refractivity contribution in [2.75, 3.05) is 18.0 Å². The largest absolute Gasteiger partial charge is 0.384 e. The predicted octanol–water partition coefficient (Wildman–Crippen LogP) is 2.30. The van der Waals surface area contributed by atoms with E-state index in [0.29, 0.717) is 0 Å². The Hall–Kier alpha value is -1.58. The number of aromatic nitrogens is 1. The van der Waals surface area contributed by atoms with E-state index < -0.39 is 0 Å². The lowest BCUT2D eigenvalue weighted by atomic mass is 10.1. The molecule has 0 radical (unpaired) electrons. The predicted molar refractivity (Wildman–Crippen MR) is 72.8 cm³/mol. The monoisotopic (exact) mass is 234 g/mol. The fourth-order valence-corrected chi connectivity index (χ4v) is 1.98. The van der Waals surface area contributed by atoms with Gasteiger partial charge >= 0.3 is 0 Å². The Morgan fingerprint density at radius 1 is 1.35 bits per heavy atom. The number of nitrogens with one attached hydrogen (secondary N) is 1. The van der Waals surface area contributed by atoms with E-state index in [2.05, 4.69) is 23.7 Å². The molecule has 0 aliphatic rings. The first-order valence-corrected chi connectivity index (χ1v) is 6.16. The molecule has 0 saturated carbocycles. The van der Waals surface area contributed by atoms with E-state index in [1.807, 2.05) is 13.0 Å². The molecule has 1 rings (SSSR count). The number of aryl methyl sites for hydroxylation is 1. The second kappa shape index (κ2) is 6.23. The minimum Gasteiger partial charge on any atom is -0.384 e. The summed E-state index contributed by atoms with van der Waals surface area (Å²) >= 11 is 0. The van der Waals surface area contributed by atoms with Crippen LogP contribution in [0, 0.1) is 12.3 Å². The number of pyridine rings is 1. The third-order valence-electron chi connectivity index (χ3n) is 2.70. The highest BCUT2D eigenvalue weighted by molar-refractivity contribution is 6.00. The number of amidine groups is 1. The van der Waals surface area contributed by atoms with Gasteiger partial charge in [0.15, 0.2) is 0 Å². The Kier molecular flexibility index (Phi) is 4.94. The molecule has 1 aromatic heterocycles. The minimum absolute atomic E-state index is 0.0998. The molecule has 4 heteroatoms. The molecule has 94 valence electrons. The van der Waals surface area contributed by atoms with Gasteiger partial charge in [-0.2, -0.15) is 0 Å². The zero-order valence-corrected chi connectivity index (χ0v) is 11.0. The summed E-state index contributed by atoms with van der Waals surface area (Å²) in [7, 11) is 0. The van der Waals surface area contributed by atoms with Crippen molar-refractivity contribution in [1.29, 1.82) is 5.41 Å². The van der Waals surface area contributed by atoms with E-state index in [1.54, 1.807) is 6.20 Å². The summed E-state index contributed by atoms with van der Waals surface area (Å²) in [5.41, 5.74) is 7.45. The van der Waals surface area contributed by atoms with Crippen molar-refractivity contribution in [3.63, 3.8) is 0 Å². The third-order valence-corrected chi connectivity index (χ3v) is 2.70. The molecule has 1 heterocycles. The summed E-state index contributed by atoms with van der Waals surface area (Å²) in [6.45, 7) is 8.16. The van der Waals surface area contributed by atoms with E-state index in [4.69, 9.17) is 11.1 Å². The molecule has 0 amide bonds. The quantitative estimate of drug-likeness (QED) is 0.586. The maximum Gasteiger partial charge on any atom is 0.139 e. The van der Waals surface area contributed by atoms with Gasteiger partial charge in [-0.1, -0.05) is 13.8 Å². The summed E-state index contributed by atoms with van der Waals surface area (Å²) in [6, 6.07) is 1.90. The molecule has 0 aromatic carbocycles. The minimum atomic E-state index is 0.0998. The van der Waals surface area contributed by atoms with Gasteiger partial charge in [-0.05, 0) is 31.4 Å². The standard InChI is InChI=1S/C13H22N4/c1-4-8-17(9-5-2)13-11(12(14)15)10(3)6-7-16-13/h6-7H,4-5,8-9H2,1-3H3,(H3,14,15). The van der Waals surface area contributed by atoms with Crippen LogP contribution in [-0.2, 0) is 0 Å². The van der Waals surface area contributed by atoms with E-state index in [1.165, 1.54) is 0 Å². The Morgan fingerprint density at radius 2 is 1.94 bits per heavy atom. The van der Waals surface area contributed by atoms with Gasteiger partial charge in [0.2, 0.25) is 0 Å². The topological polar surface area (TPSA) is 66.0 Å².